The van der Waals surface area contributed by atoms with Crippen molar-refractivity contribution in [3.63, 3.8) is 0 Å². The highest BCUT2D eigenvalue weighted by molar-refractivity contribution is 6.50. The highest BCUT2D eigenvalue weighted by Gasteiger charge is 2.28. The van der Waals surface area contributed by atoms with E-state index in [1.165, 1.54) is 22.5 Å². The van der Waals surface area contributed by atoms with Gasteiger partial charge in [0.15, 0.2) is 5.71 Å². The van der Waals surface area contributed by atoms with E-state index in [0.29, 0.717) is 6.61 Å². The second kappa shape index (κ2) is 6.59. The van der Waals surface area contributed by atoms with Crippen molar-refractivity contribution in [2.45, 2.75) is 13.8 Å². The molecule has 0 N–H and O–H groups in total. The minimum Gasteiger partial charge on any atom is -0.501 e. The maximum absolute atomic E-state index is 9.75. The number of hydrogen-bond acceptors (Lipinski definition) is 1. The first kappa shape index (κ1) is 16.3. The molecule has 0 amide bonds. The normalized spacial score (nSPS) is 15.8. The monoisotopic (exact) mass is 289 g/mol. The highest BCUT2D eigenvalue weighted by Crippen LogP contribution is 2.32. The molecular weight excluding hydrogens is 273 g/mol. The van der Waals surface area contributed by atoms with Crippen LogP contribution in [-0.4, -0.2) is 31.2 Å². The smallest absolute Gasteiger partial charge is 0.501 e. The molecule has 7 heteroatoms. The fourth-order valence-electron chi connectivity index (χ4n) is 1.87. The summed E-state index contributed by atoms with van der Waals surface area (Å²) in [5.74, 6) is 0. The van der Waals surface area contributed by atoms with Gasteiger partial charge in [-0.2, -0.15) is 4.58 Å². The summed E-state index contributed by atoms with van der Waals surface area (Å²) in [5, 5.41) is 0. The van der Waals surface area contributed by atoms with Crippen LogP contribution >= 0.6 is 0 Å². The predicted molar refractivity (Wildman–Crippen MR) is 72.8 cm³/mol. The lowest BCUT2D eigenvalue weighted by Gasteiger charge is -1.97. The van der Waals surface area contributed by atoms with Gasteiger partial charge in [0, 0.05) is 13.0 Å². The van der Waals surface area contributed by atoms with E-state index >= 15 is 0 Å². The van der Waals surface area contributed by atoms with Gasteiger partial charge in [-0.15, -0.1) is 0 Å². The molecule has 0 saturated heterocycles. The summed E-state index contributed by atoms with van der Waals surface area (Å²) in [6, 6.07) is 8.39. The van der Waals surface area contributed by atoms with Crippen molar-refractivity contribution < 1.29 is 26.6 Å². The lowest BCUT2D eigenvalue weighted by Crippen LogP contribution is -2.02. The third-order valence-electron chi connectivity index (χ3n) is 2.82. The van der Waals surface area contributed by atoms with E-state index in [1.807, 2.05) is 13.2 Å². The molecule has 1 aliphatic rings. The van der Waals surface area contributed by atoms with Crippen molar-refractivity contribution in [2.75, 3.05) is 13.7 Å². The highest BCUT2D eigenvalue weighted by atomic mass is 19.5. The van der Waals surface area contributed by atoms with Gasteiger partial charge in [0.1, 0.15) is 7.05 Å². The van der Waals surface area contributed by atoms with Crippen molar-refractivity contribution in [2.24, 2.45) is 0 Å². The third-order valence-corrected chi connectivity index (χ3v) is 2.82. The van der Waals surface area contributed by atoms with Crippen LogP contribution < -0.4 is 0 Å². The van der Waals surface area contributed by atoms with Crippen LogP contribution in [0.3, 0.4) is 0 Å². The van der Waals surface area contributed by atoms with Crippen molar-refractivity contribution in [1.29, 1.82) is 0 Å². The Morgan fingerprint density at radius 2 is 1.75 bits per heavy atom. The molecule has 0 fully saturated rings. The number of para-hydroxylation sites is 1. The Hall–Kier alpha value is -1.79. The molecule has 110 valence electrons. The molecule has 0 bridgehead atoms. The van der Waals surface area contributed by atoms with Gasteiger partial charge in [0.2, 0.25) is 5.69 Å². The van der Waals surface area contributed by atoms with Gasteiger partial charge in [-0.1, -0.05) is 12.1 Å². The first-order valence-electron chi connectivity index (χ1n) is 6.11. The van der Waals surface area contributed by atoms with Crippen LogP contribution in [0.2, 0.25) is 0 Å². The molecule has 0 atom stereocenters. The topological polar surface area (TPSA) is 12.2 Å². The second-order valence-electron chi connectivity index (χ2n) is 4.14. The Labute approximate surface area is 115 Å². The van der Waals surface area contributed by atoms with Crippen LogP contribution in [0.4, 0.5) is 23.0 Å². The lowest BCUT2D eigenvalue weighted by molar-refractivity contribution is -0.401. The minimum absolute atomic E-state index is 0.711. The molecule has 0 spiro atoms. The van der Waals surface area contributed by atoms with Gasteiger partial charge in [-0.3, -0.25) is 0 Å². The van der Waals surface area contributed by atoms with Crippen molar-refractivity contribution in [3.05, 3.63) is 36.1 Å². The molecule has 0 radical (unpaired) electrons. The van der Waals surface area contributed by atoms with Gasteiger partial charge in [-0.25, -0.2) is 0 Å². The summed E-state index contributed by atoms with van der Waals surface area (Å²) in [6.07, 6.45) is 1.86. The average molecular weight is 289 g/mol. The molecule has 1 aromatic carbocycles. The SMILES string of the molecule is CCO/C=C1/C(C)=[N+](C)c2ccccc21.F[B-](F)(F)F. The maximum Gasteiger partial charge on any atom is 0.673 e. The number of allylic oxidation sites excluding steroid dienone is 1. The zero-order valence-corrected chi connectivity index (χ0v) is 11.5. The summed E-state index contributed by atoms with van der Waals surface area (Å²) in [4.78, 5) is 0. The van der Waals surface area contributed by atoms with E-state index < -0.39 is 7.25 Å². The molecular formula is C13H16BF4NO. The molecule has 0 aromatic heterocycles. The second-order valence-corrected chi connectivity index (χ2v) is 4.14. The number of fused-ring (bicyclic) bond motifs is 1. The number of halogens is 4. The standard InChI is InChI=1S/C13H16NO.BF4/c1-4-15-9-12-10(2)14(3)13-8-6-5-7-11(12)13;2-1(3,4)5/h5-9H,4H2,1-3H3;/q+1;-1/b12-9-;. The third kappa shape index (κ3) is 4.40. The minimum atomic E-state index is -6.00. The molecule has 0 unspecified atom stereocenters. The van der Waals surface area contributed by atoms with E-state index in [2.05, 4.69) is 42.8 Å². The van der Waals surface area contributed by atoms with Gasteiger partial charge >= 0.3 is 7.25 Å². The quantitative estimate of drug-likeness (QED) is 0.345. The molecule has 2 rings (SSSR count). The summed E-state index contributed by atoms with van der Waals surface area (Å²) in [6.45, 7) is 4.82. The zero-order chi connectivity index (χ0) is 15.3. The lowest BCUT2D eigenvalue weighted by atomic mass is 10.1. The fraction of sp³-hybridized carbons (Fsp3) is 0.308. The van der Waals surface area contributed by atoms with Crippen LogP contribution in [0.15, 0.2) is 30.5 Å². The summed E-state index contributed by atoms with van der Waals surface area (Å²) >= 11 is 0. The molecule has 1 aromatic rings. The van der Waals surface area contributed by atoms with Crippen LogP contribution in [0, 0.1) is 0 Å². The molecule has 20 heavy (non-hydrogen) atoms. The first-order chi connectivity index (χ1) is 9.25. The van der Waals surface area contributed by atoms with E-state index in [0.717, 1.165) is 0 Å². The Kier molecular flexibility index (Phi) is 5.36. The van der Waals surface area contributed by atoms with Gasteiger partial charge < -0.3 is 22.0 Å². The van der Waals surface area contributed by atoms with Crippen molar-refractivity contribution in [1.82, 2.24) is 0 Å². The van der Waals surface area contributed by atoms with Crippen molar-refractivity contribution >= 4 is 24.2 Å². The van der Waals surface area contributed by atoms with Gasteiger partial charge in [-0.05, 0) is 13.0 Å². The molecule has 0 saturated carbocycles. The van der Waals surface area contributed by atoms with Crippen LogP contribution in [0.25, 0.3) is 5.57 Å². The number of nitrogens with zero attached hydrogens (tertiary/aromatic N) is 1. The predicted octanol–water partition coefficient (Wildman–Crippen LogP) is 4.11. The van der Waals surface area contributed by atoms with E-state index in [4.69, 9.17) is 4.74 Å². The zero-order valence-electron chi connectivity index (χ0n) is 11.5. The Bertz CT molecular complexity index is 531. The van der Waals surface area contributed by atoms with E-state index in [1.54, 1.807) is 0 Å². The van der Waals surface area contributed by atoms with E-state index in [-0.39, 0.29) is 0 Å². The van der Waals surface area contributed by atoms with Crippen LogP contribution in [0.1, 0.15) is 19.4 Å². The number of ether oxygens (including phenoxy) is 1. The Morgan fingerprint density at radius 3 is 2.30 bits per heavy atom. The van der Waals surface area contributed by atoms with E-state index in [9.17, 15) is 17.3 Å². The number of rotatable bonds is 2. The van der Waals surface area contributed by atoms with Crippen LogP contribution in [-0.2, 0) is 4.74 Å². The molecule has 1 heterocycles. The van der Waals surface area contributed by atoms with Gasteiger partial charge in [0.25, 0.3) is 0 Å². The molecule has 0 aliphatic carbocycles. The Morgan fingerprint density at radius 1 is 1.20 bits per heavy atom. The number of benzene rings is 1. The van der Waals surface area contributed by atoms with Gasteiger partial charge in [0.05, 0.1) is 24.0 Å². The first-order valence-corrected chi connectivity index (χ1v) is 6.11. The van der Waals surface area contributed by atoms with Crippen molar-refractivity contribution in [3.8, 4) is 0 Å². The summed E-state index contributed by atoms with van der Waals surface area (Å²) in [5.41, 5.74) is 4.94. The Balaban J connectivity index is 0.000000347. The van der Waals surface area contributed by atoms with Crippen LogP contribution in [0.5, 0.6) is 0 Å². The number of hydrogen-bond donors (Lipinski definition) is 0. The summed E-state index contributed by atoms with van der Waals surface area (Å²) in [7, 11) is -3.92. The maximum atomic E-state index is 9.75. The molecule has 2 nitrogen and oxygen atoms in total. The fourth-order valence-corrected chi connectivity index (χ4v) is 1.87. The summed E-state index contributed by atoms with van der Waals surface area (Å²) < 4.78 is 46.6. The average Bonchev–Trinajstić information content (AvgIpc) is 2.59. The molecule has 1 aliphatic heterocycles. The largest absolute Gasteiger partial charge is 0.673 e.